The first-order chi connectivity index (χ1) is 9.95. The highest BCUT2D eigenvalue weighted by atomic mass is 16.5. The molecule has 21 heavy (non-hydrogen) atoms. The molecule has 1 aromatic carbocycles. The number of hydrogen-bond donors (Lipinski definition) is 1. The van der Waals surface area contributed by atoms with Gasteiger partial charge in [0, 0.05) is 13.1 Å². The number of nitrogens with zero attached hydrogens (tertiary/aromatic N) is 1. The third kappa shape index (κ3) is 5.40. The molecule has 0 radical (unpaired) electrons. The Morgan fingerprint density at radius 2 is 1.95 bits per heavy atom. The fraction of sp³-hybridized carbons (Fsp3) is 0.529. The Hall–Kier alpha value is -1.52. The summed E-state index contributed by atoms with van der Waals surface area (Å²) in [6.07, 6.45) is 2.62. The van der Waals surface area contributed by atoms with Crippen LogP contribution in [-0.2, 0) is 6.54 Å². The minimum absolute atomic E-state index is 0.554. The maximum absolute atomic E-state index is 10.2. The van der Waals surface area contributed by atoms with E-state index in [9.17, 15) is 5.11 Å². The highest BCUT2D eigenvalue weighted by Gasteiger charge is 2.20. The molecular formula is C17H27NO3. The van der Waals surface area contributed by atoms with Crippen LogP contribution in [0.5, 0.6) is 11.5 Å². The lowest BCUT2D eigenvalue weighted by Gasteiger charge is -2.29. The molecule has 0 aromatic heterocycles. The van der Waals surface area contributed by atoms with Gasteiger partial charge in [-0.2, -0.15) is 0 Å². The zero-order chi connectivity index (χ0) is 15.9. The van der Waals surface area contributed by atoms with Crippen LogP contribution in [0.25, 0.3) is 0 Å². The molecular weight excluding hydrogens is 266 g/mol. The molecule has 0 amide bonds. The van der Waals surface area contributed by atoms with Crippen molar-refractivity contribution in [1.29, 1.82) is 0 Å². The van der Waals surface area contributed by atoms with Gasteiger partial charge in [-0.05, 0) is 37.6 Å². The molecule has 0 spiro atoms. The van der Waals surface area contributed by atoms with Crippen molar-refractivity contribution in [3.63, 3.8) is 0 Å². The van der Waals surface area contributed by atoms with Gasteiger partial charge in [0.25, 0.3) is 0 Å². The van der Waals surface area contributed by atoms with Gasteiger partial charge in [0.15, 0.2) is 11.5 Å². The number of methoxy groups -OCH3 is 2. The minimum Gasteiger partial charge on any atom is -0.493 e. The third-order valence-electron chi connectivity index (χ3n) is 3.38. The van der Waals surface area contributed by atoms with E-state index >= 15 is 0 Å². The van der Waals surface area contributed by atoms with E-state index in [-0.39, 0.29) is 0 Å². The van der Waals surface area contributed by atoms with E-state index in [2.05, 4.69) is 18.4 Å². The van der Waals surface area contributed by atoms with Gasteiger partial charge in [-0.3, -0.25) is 4.90 Å². The summed E-state index contributed by atoms with van der Waals surface area (Å²) in [6.45, 7) is 9.81. The lowest BCUT2D eigenvalue weighted by Crippen LogP contribution is -2.39. The van der Waals surface area contributed by atoms with Crippen molar-refractivity contribution < 1.29 is 14.6 Å². The molecule has 0 aliphatic heterocycles. The van der Waals surface area contributed by atoms with E-state index in [0.717, 1.165) is 36.6 Å². The van der Waals surface area contributed by atoms with Crippen LogP contribution >= 0.6 is 0 Å². The Morgan fingerprint density at radius 3 is 2.48 bits per heavy atom. The molecule has 0 aliphatic carbocycles. The van der Waals surface area contributed by atoms with Crippen LogP contribution in [0.1, 0.15) is 25.8 Å². The van der Waals surface area contributed by atoms with E-state index in [1.807, 2.05) is 18.2 Å². The Balaban J connectivity index is 2.86. The third-order valence-corrected chi connectivity index (χ3v) is 3.38. The van der Waals surface area contributed by atoms with Crippen molar-refractivity contribution >= 4 is 0 Å². The summed E-state index contributed by atoms with van der Waals surface area (Å²) in [6, 6.07) is 5.90. The largest absolute Gasteiger partial charge is 0.493 e. The second-order valence-corrected chi connectivity index (χ2v) is 5.46. The van der Waals surface area contributed by atoms with E-state index in [4.69, 9.17) is 9.47 Å². The fourth-order valence-corrected chi connectivity index (χ4v) is 2.28. The van der Waals surface area contributed by atoms with Gasteiger partial charge in [-0.15, -0.1) is 6.58 Å². The Kier molecular flexibility index (Phi) is 6.72. The van der Waals surface area contributed by atoms with Gasteiger partial charge < -0.3 is 14.6 Å². The van der Waals surface area contributed by atoms with Crippen molar-refractivity contribution in [1.82, 2.24) is 4.90 Å². The van der Waals surface area contributed by atoms with Crippen LogP contribution in [0.3, 0.4) is 0 Å². The van der Waals surface area contributed by atoms with Crippen molar-refractivity contribution in [2.45, 2.75) is 32.4 Å². The Bertz CT molecular complexity index is 457. The topological polar surface area (TPSA) is 41.9 Å². The molecule has 1 unspecified atom stereocenters. The van der Waals surface area contributed by atoms with Gasteiger partial charge in [0.1, 0.15) is 0 Å². The highest BCUT2D eigenvalue weighted by Crippen LogP contribution is 2.28. The maximum atomic E-state index is 10.2. The second-order valence-electron chi connectivity index (χ2n) is 5.46. The number of aliphatic hydroxyl groups is 1. The molecule has 1 N–H and O–H groups in total. The minimum atomic E-state index is -0.883. The smallest absolute Gasteiger partial charge is 0.161 e. The van der Waals surface area contributed by atoms with Crippen molar-refractivity contribution in [3.05, 3.63) is 36.4 Å². The van der Waals surface area contributed by atoms with Crippen LogP contribution in [0, 0.1) is 0 Å². The molecule has 1 aromatic rings. The molecule has 4 nitrogen and oxygen atoms in total. The first-order valence-corrected chi connectivity index (χ1v) is 7.25. The molecule has 0 heterocycles. The highest BCUT2D eigenvalue weighted by molar-refractivity contribution is 5.42. The van der Waals surface area contributed by atoms with Crippen LogP contribution in [0.15, 0.2) is 30.9 Å². The van der Waals surface area contributed by atoms with Crippen LogP contribution in [-0.4, -0.2) is 42.9 Å². The van der Waals surface area contributed by atoms with Gasteiger partial charge in [0.05, 0.1) is 19.8 Å². The Labute approximate surface area is 128 Å². The van der Waals surface area contributed by atoms with E-state index in [1.165, 1.54) is 0 Å². The summed E-state index contributed by atoms with van der Waals surface area (Å²) in [5.41, 5.74) is 0.243. The molecule has 0 saturated carbocycles. The first kappa shape index (κ1) is 17.5. The molecule has 4 heteroatoms. The summed E-state index contributed by atoms with van der Waals surface area (Å²) in [5, 5.41) is 10.2. The van der Waals surface area contributed by atoms with Crippen LogP contribution in [0.2, 0.25) is 0 Å². The van der Waals surface area contributed by atoms with E-state index in [1.54, 1.807) is 27.2 Å². The number of benzene rings is 1. The predicted molar refractivity (Wildman–Crippen MR) is 85.9 cm³/mol. The van der Waals surface area contributed by atoms with Crippen LogP contribution in [0.4, 0.5) is 0 Å². The SMILES string of the molecule is C=CC(C)(O)CN(CCC)Cc1ccc(OC)c(OC)c1. The van der Waals surface area contributed by atoms with E-state index in [0.29, 0.717) is 6.54 Å². The Morgan fingerprint density at radius 1 is 1.29 bits per heavy atom. The zero-order valence-corrected chi connectivity index (χ0v) is 13.6. The van der Waals surface area contributed by atoms with Crippen LogP contribution < -0.4 is 9.47 Å². The lowest BCUT2D eigenvalue weighted by molar-refractivity contribution is 0.0587. The summed E-state index contributed by atoms with van der Waals surface area (Å²) >= 11 is 0. The number of rotatable bonds is 9. The average Bonchev–Trinajstić information content (AvgIpc) is 2.47. The van der Waals surface area contributed by atoms with E-state index < -0.39 is 5.60 Å². The predicted octanol–water partition coefficient (Wildman–Crippen LogP) is 2.85. The summed E-state index contributed by atoms with van der Waals surface area (Å²) < 4.78 is 10.6. The molecule has 1 atom stereocenters. The number of ether oxygens (including phenoxy) is 2. The normalized spacial score (nSPS) is 13.8. The van der Waals surface area contributed by atoms with Gasteiger partial charge in [0.2, 0.25) is 0 Å². The molecule has 0 fully saturated rings. The lowest BCUT2D eigenvalue weighted by atomic mass is 10.1. The van der Waals surface area contributed by atoms with Crippen molar-refractivity contribution in [2.75, 3.05) is 27.3 Å². The summed E-state index contributed by atoms with van der Waals surface area (Å²) in [5.74, 6) is 1.45. The monoisotopic (exact) mass is 293 g/mol. The summed E-state index contributed by atoms with van der Waals surface area (Å²) in [4.78, 5) is 2.21. The maximum Gasteiger partial charge on any atom is 0.161 e. The van der Waals surface area contributed by atoms with Gasteiger partial charge in [-0.25, -0.2) is 0 Å². The fourth-order valence-electron chi connectivity index (χ4n) is 2.28. The molecule has 118 valence electrons. The molecule has 0 saturated heterocycles. The summed E-state index contributed by atoms with van der Waals surface area (Å²) in [7, 11) is 3.26. The van der Waals surface area contributed by atoms with Crippen molar-refractivity contribution in [3.8, 4) is 11.5 Å². The van der Waals surface area contributed by atoms with Gasteiger partial charge >= 0.3 is 0 Å². The molecule has 0 bridgehead atoms. The standard InChI is InChI=1S/C17H27NO3/c1-6-10-18(13-17(3,19)7-2)12-14-8-9-15(20-4)16(11-14)21-5/h7-9,11,19H,2,6,10,12-13H2,1,3-5H3. The average molecular weight is 293 g/mol. The number of hydrogen-bond acceptors (Lipinski definition) is 4. The van der Waals surface area contributed by atoms with Crippen molar-refractivity contribution in [2.24, 2.45) is 0 Å². The molecule has 1 rings (SSSR count). The van der Waals surface area contributed by atoms with Gasteiger partial charge in [-0.1, -0.05) is 19.1 Å². The second kappa shape index (κ2) is 8.05. The zero-order valence-electron chi connectivity index (χ0n) is 13.6. The quantitative estimate of drug-likeness (QED) is 0.711. The first-order valence-electron chi connectivity index (χ1n) is 7.25. The molecule has 0 aliphatic rings.